The zero-order chi connectivity index (χ0) is 16.6. The second-order valence-electron chi connectivity index (χ2n) is 6.51. The van der Waals surface area contributed by atoms with Gasteiger partial charge in [-0.15, -0.1) is 11.8 Å². The minimum Gasteiger partial charge on any atom is -0.329 e. The predicted octanol–water partition coefficient (Wildman–Crippen LogP) is 1.50. The molecule has 4 aliphatic rings. The van der Waals surface area contributed by atoms with E-state index in [9.17, 15) is 14.4 Å². The average molecular weight is 408 g/mol. The fourth-order valence-corrected chi connectivity index (χ4v) is 6.23. The molecule has 1 aromatic carbocycles. The van der Waals surface area contributed by atoms with Crippen LogP contribution in [0.15, 0.2) is 22.7 Å². The number of halogens is 1. The van der Waals surface area contributed by atoms with Crippen LogP contribution in [0, 0.1) is 0 Å². The Morgan fingerprint density at radius 1 is 1.21 bits per heavy atom. The molecule has 124 valence electrons. The fourth-order valence-electron chi connectivity index (χ4n) is 4.31. The van der Waals surface area contributed by atoms with Crippen molar-refractivity contribution < 1.29 is 14.4 Å². The number of nitrogens with zero attached hydrogens (tertiary/aromatic N) is 2. The number of thioether (sulfide) groups is 1. The highest BCUT2D eigenvalue weighted by Gasteiger charge is 2.65. The Bertz CT molecular complexity index is 816. The van der Waals surface area contributed by atoms with Gasteiger partial charge in [-0.2, -0.15) is 0 Å². The SMILES string of the molecule is O=C1[C@@H]2CS[C@@]3(C(=O)Nc4ccc(Br)cc43)N2C(=O)[C@@H]2CCCN12. The molecule has 3 fully saturated rings. The smallest absolute Gasteiger partial charge is 0.265 e. The molecule has 0 radical (unpaired) electrons. The maximum Gasteiger partial charge on any atom is 0.265 e. The van der Waals surface area contributed by atoms with Gasteiger partial charge >= 0.3 is 0 Å². The van der Waals surface area contributed by atoms with E-state index < -0.39 is 17.0 Å². The molecule has 3 amide bonds. The van der Waals surface area contributed by atoms with Crippen LogP contribution in [-0.2, 0) is 19.3 Å². The zero-order valence-electron chi connectivity index (χ0n) is 12.6. The van der Waals surface area contributed by atoms with Crippen molar-refractivity contribution >= 4 is 51.1 Å². The highest BCUT2D eigenvalue weighted by atomic mass is 79.9. The molecule has 1 N–H and O–H groups in total. The molecule has 0 unspecified atom stereocenters. The van der Waals surface area contributed by atoms with Gasteiger partial charge in [-0.05, 0) is 31.0 Å². The summed E-state index contributed by atoms with van der Waals surface area (Å²) in [6.45, 7) is 0.644. The number of benzene rings is 1. The Kier molecular flexibility index (Phi) is 2.93. The molecular formula is C16H14BrN3O3S. The molecule has 0 aliphatic carbocycles. The van der Waals surface area contributed by atoms with Crippen molar-refractivity contribution in [2.24, 2.45) is 0 Å². The maximum absolute atomic E-state index is 13.2. The first-order valence-corrected chi connectivity index (χ1v) is 9.71. The summed E-state index contributed by atoms with van der Waals surface area (Å²) in [5, 5.41) is 2.89. The van der Waals surface area contributed by atoms with Crippen molar-refractivity contribution in [3.8, 4) is 0 Å². The van der Waals surface area contributed by atoms with Crippen LogP contribution in [-0.4, -0.2) is 51.9 Å². The average Bonchev–Trinajstić information content (AvgIpc) is 3.25. The summed E-state index contributed by atoms with van der Waals surface area (Å²) in [6, 6.07) is 4.61. The van der Waals surface area contributed by atoms with Crippen LogP contribution < -0.4 is 5.32 Å². The normalized spacial score (nSPS) is 33.8. The highest BCUT2D eigenvalue weighted by Crippen LogP contribution is 2.56. The first kappa shape index (κ1) is 14.8. The van der Waals surface area contributed by atoms with Gasteiger partial charge < -0.3 is 15.1 Å². The third kappa shape index (κ3) is 1.61. The van der Waals surface area contributed by atoms with Gasteiger partial charge in [0.05, 0.1) is 0 Å². The number of hydrogen-bond donors (Lipinski definition) is 1. The molecule has 0 saturated carbocycles. The van der Waals surface area contributed by atoms with Crippen molar-refractivity contribution in [3.63, 3.8) is 0 Å². The van der Waals surface area contributed by atoms with E-state index in [1.165, 1.54) is 11.8 Å². The van der Waals surface area contributed by atoms with E-state index in [4.69, 9.17) is 0 Å². The summed E-state index contributed by atoms with van der Waals surface area (Å²) < 4.78 is 0.847. The molecule has 3 atom stereocenters. The second kappa shape index (κ2) is 4.76. The van der Waals surface area contributed by atoms with Crippen LogP contribution in [0.2, 0.25) is 0 Å². The van der Waals surface area contributed by atoms with Crippen molar-refractivity contribution in [2.45, 2.75) is 29.8 Å². The summed E-state index contributed by atoms with van der Waals surface area (Å²) in [7, 11) is 0. The van der Waals surface area contributed by atoms with Crippen LogP contribution in [0.1, 0.15) is 18.4 Å². The Balaban J connectivity index is 1.69. The topological polar surface area (TPSA) is 69.7 Å². The van der Waals surface area contributed by atoms with Gasteiger partial charge in [0.1, 0.15) is 12.1 Å². The van der Waals surface area contributed by atoms with Crippen LogP contribution >= 0.6 is 27.7 Å². The number of carbonyl (C=O) groups is 3. The standard InChI is InChI=1S/C16H14BrN3O3S/c17-8-3-4-10-9(6-8)16(15(23)18-10)20-12(7-24-16)13(21)19-5-1-2-11(19)14(20)22/h3-4,6,11-12H,1-2,5,7H2,(H,18,23)/t11-,12-,16-/m0/s1. The van der Waals surface area contributed by atoms with E-state index in [0.717, 1.165) is 16.5 Å². The van der Waals surface area contributed by atoms with Crippen LogP contribution in [0.4, 0.5) is 5.69 Å². The lowest BCUT2D eigenvalue weighted by Crippen LogP contribution is -2.66. The van der Waals surface area contributed by atoms with Gasteiger partial charge in [0.15, 0.2) is 4.87 Å². The number of anilines is 1. The minimum atomic E-state index is -1.12. The van der Waals surface area contributed by atoms with E-state index in [1.54, 1.807) is 9.80 Å². The third-order valence-corrected chi connectivity index (χ3v) is 7.34. The maximum atomic E-state index is 13.2. The molecule has 1 spiro atoms. The largest absolute Gasteiger partial charge is 0.329 e. The lowest BCUT2D eigenvalue weighted by Gasteiger charge is -2.43. The van der Waals surface area contributed by atoms with Gasteiger partial charge in [-0.3, -0.25) is 14.4 Å². The van der Waals surface area contributed by atoms with Crippen molar-refractivity contribution in [1.29, 1.82) is 0 Å². The number of fused-ring (bicyclic) bond motifs is 5. The van der Waals surface area contributed by atoms with Crippen molar-refractivity contribution in [2.75, 3.05) is 17.6 Å². The van der Waals surface area contributed by atoms with Crippen LogP contribution in [0.25, 0.3) is 0 Å². The molecule has 6 nitrogen and oxygen atoms in total. The van der Waals surface area contributed by atoms with E-state index in [1.807, 2.05) is 18.2 Å². The first-order valence-electron chi connectivity index (χ1n) is 7.93. The van der Waals surface area contributed by atoms with Crippen molar-refractivity contribution in [1.82, 2.24) is 9.80 Å². The quantitative estimate of drug-likeness (QED) is 0.707. The van der Waals surface area contributed by atoms with Gasteiger partial charge in [-0.25, -0.2) is 0 Å². The lowest BCUT2D eigenvalue weighted by molar-refractivity contribution is -0.162. The molecule has 0 bridgehead atoms. The Hall–Kier alpha value is -1.54. The number of piperazine rings is 1. The molecule has 0 aromatic heterocycles. The summed E-state index contributed by atoms with van der Waals surface area (Å²) in [5.74, 6) is 0.117. The van der Waals surface area contributed by atoms with E-state index in [0.29, 0.717) is 24.4 Å². The molecular weight excluding hydrogens is 394 g/mol. The van der Waals surface area contributed by atoms with E-state index in [2.05, 4.69) is 21.2 Å². The predicted molar refractivity (Wildman–Crippen MR) is 92.3 cm³/mol. The molecule has 3 saturated heterocycles. The molecule has 8 heteroatoms. The first-order chi connectivity index (χ1) is 11.5. The van der Waals surface area contributed by atoms with Crippen LogP contribution in [0.5, 0.6) is 0 Å². The lowest BCUT2D eigenvalue weighted by atomic mass is 9.99. The number of hydrogen-bond acceptors (Lipinski definition) is 4. The van der Waals surface area contributed by atoms with Crippen LogP contribution in [0.3, 0.4) is 0 Å². The van der Waals surface area contributed by atoms with Gasteiger partial charge in [0.2, 0.25) is 11.8 Å². The van der Waals surface area contributed by atoms with E-state index in [-0.39, 0.29) is 17.7 Å². The van der Waals surface area contributed by atoms with Gasteiger partial charge in [0.25, 0.3) is 5.91 Å². The highest BCUT2D eigenvalue weighted by molar-refractivity contribution is 9.10. The molecule has 5 rings (SSSR count). The third-order valence-electron chi connectivity index (χ3n) is 5.35. The van der Waals surface area contributed by atoms with Gasteiger partial charge in [0, 0.05) is 28.0 Å². The van der Waals surface area contributed by atoms with Gasteiger partial charge in [-0.1, -0.05) is 15.9 Å². The fraction of sp³-hybridized carbons (Fsp3) is 0.438. The van der Waals surface area contributed by atoms with E-state index >= 15 is 0 Å². The molecule has 24 heavy (non-hydrogen) atoms. The summed E-state index contributed by atoms with van der Waals surface area (Å²) >= 11 is 4.84. The molecule has 4 aliphatic heterocycles. The second-order valence-corrected chi connectivity index (χ2v) is 8.64. The Morgan fingerprint density at radius 3 is 2.88 bits per heavy atom. The number of amides is 3. The monoisotopic (exact) mass is 407 g/mol. The number of rotatable bonds is 0. The number of nitrogens with one attached hydrogen (secondary N) is 1. The summed E-state index contributed by atoms with van der Waals surface area (Å²) in [4.78, 5) is 41.1. The zero-order valence-corrected chi connectivity index (χ0v) is 15.0. The molecule has 4 heterocycles. The summed E-state index contributed by atoms with van der Waals surface area (Å²) in [5.41, 5.74) is 1.48. The van der Waals surface area contributed by atoms with Crippen molar-refractivity contribution in [3.05, 3.63) is 28.2 Å². The number of carbonyl (C=O) groups excluding carboxylic acids is 3. The summed E-state index contributed by atoms with van der Waals surface area (Å²) in [6.07, 6.45) is 1.53. The molecule has 1 aromatic rings. The Morgan fingerprint density at radius 2 is 2.04 bits per heavy atom. The minimum absolute atomic E-state index is 0.0160. The Labute approximate surface area is 151 Å².